The fourth-order valence-corrected chi connectivity index (χ4v) is 2.28. The first-order valence-electron chi connectivity index (χ1n) is 7.05. The molecule has 1 aliphatic carbocycles. The monoisotopic (exact) mass is 272 g/mol. The van der Waals surface area contributed by atoms with Crippen LogP contribution >= 0.6 is 0 Å². The highest BCUT2D eigenvalue weighted by Gasteiger charge is 2.16. The van der Waals surface area contributed by atoms with E-state index in [-0.39, 0.29) is 12.6 Å². The predicted molar refractivity (Wildman–Crippen MR) is 79.4 cm³/mol. The summed E-state index contributed by atoms with van der Waals surface area (Å²) in [6, 6.07) is 7.55. The van der Waals surface area contributed by atoms with Crippen molar-refractivity contribution < 1.29 is 9.90 Å². The van der Waals surface area contributed by atoms with Crippen molar-refractivity contribution in [3.8, 4) is 11.8 Å². The maximum Gasteiger partial charge on any atom is 0.319 e. The van der Waals surface area contributed by atoms with Crippen LogP contribution in [0.15, 0.2) is 24.3 Å². The van der Waals surface area contributed by atoms with Crippen molar-refractivity contribution in [3.05, 3.63) is 29.8 Å². The van der Waals surface area contributed by atoms with Gasteiger partial charge in [-0.15, -0.1) is 0 Å². The van der Waals surface area contributed by atoms with Crippen molar-refractivity contribution in [2.24, 2.45) is 0 Å². The van der Waals surface area contributed by atoms with Crippen molar-refractivity contribution in [3.63, 3.8) is 0 Å². The lowest BCUT2D eigenvalue weighted by Crippen LogP contribution is -2.36. The SMILES string of the molecule is O=C(Nc1ccc(C#CCCO)cc1)NC1CCCC1. The van der Waals surface area contributed by atoms with Crippen molar-refractivity contribution in [1.29, 1.82) is 0 Å². The summed E-state index contributed by atoms with van der Waals surface area (Å²) < 4.78 is 0. The van der Waals surface area contributed by atoms with Gasteiger partial charge >= 0.3 is 6.03 Å². The van der Waals surface area contributed by atoms with E-state index in [0.29, 0.717) is 12.5 Å². The number of nitrogens with one attached hydrogen (secondary N) is 2. The Morgan fingerprint density at radius 3 is 2.60 bits per heavy atom. The largest absolute Gasteiger partial charge is 0.395 e. The molecule has 2 rings (SSSR count). The van der Waals surface area contributed by atoms with Gasteiger partial charge in [-0.3, -0.25) is 0 Å². The maximum absolute atomic E-state index is 11.8. The van der Waals surface area contributed by atoms with Gasteiger partial charge in [-0.1, -0.05) is 24.7 Å². The molecule has 0 atom stereocenters. The number of amides is 2. The van der Waals surface area contributed by atoms with Crippen LogP contribution in [0.4, 0.5) is 10.5 Å². The van der Waals surface area contributed by atoms with Crippen LogP contribution in [0, 0.1) is 11.8 Å². The molecule has 0 spiro atoms. The number of hydrogen-bond donors (Lipinski definition) is 3. The molecule has 1 aromatic rings. The molecule has 0 heterocycles. The zero-order valence-electron chi connectivity index (χ0n) is 11.5. The molecule has 2 amide bonds. The summed E-state index contributed by atoms with van der Waals surface area (Å²) in [5.41, 5.74) is 1.63. The third-order valence-electron chi connectivity index (χ3n) is 3.30. The second kappa shape index (κ2) is 7.56. The van der Waals surface area contributed by atoms with Crippen molar-refractivity contribution >= 4 is 11.7 Å². The van der Waals surface area contributed by atoms with E-state index in [2.05, 4.69) is 22.5 Å². The molecular weight excluding hydrogens is 252 g/mol. The Morgan fingerprint density at radius 2 is 1.95 bits per heavy atom. The molecule has 1 fully saturated rings. The predicted octanol–water partition coefficient (Wildman–Crippen LogP) is 2.48. The van der Waals surface area contributed by atoms with Crippen molar-refractivity contribution in [2.75, 3.05) is 11.9 Å². The van der Waals surface area contributed by atoms with Crippen LogP contribution in [0.2, 0.25) is 0 Å². The Morgan fingerprint density at radius 1 is 1.25 bits per heavy atom. The number of aliphatic hydroxyl groups excluding tert-OH is 1. The van der Waals surface area contributed by atoms with E-state index in [1.165, 1.54) is 12.8 Å². The topological polar surface area (TPSA) is 61.4 Å². The van der Waals surface area contributed by atoms with Gasteiger partial charge in [0, 0.05) is 23.7 Å². The highest BCUT2D eigenvalue weighted by atomic mass is 16.2. The minimum atomic E-state index is -0.143. The number of benzene rings is 1. The third-order valence-corrected chi connectivity index (χ3v) is 3.30. The smallest absolute Gasteiger partial charge is 0.319 e. The molecule has 106 valence electrons. The second-order valence-corrected chi connectivity index (χ2v) is 4.93. The lowest BCUT2D eigenvalue weighted by Gasteiger charge is -2.12. The van der Waals surface area contributed by atoms with E-state index in [1.807, 2.05) is 24.3 Å². The van der Waals surface area contributed by atoms with E-state index < -0.39 is 0 Å². The van der Waals surface area contributed by atoms with Gasteiger partial charge < -0.3 is 15.7 Å². The van der Waals surface area contributed by atoms with Crippen LogP contribution in [0.1, 0.15) is 37.7 Å². The number of carbonyl (C=O) groups excluding carboxylic acids is 1. The van der Waals surface area contributed by atoms with Gasteiger partial charge in [0.25, 0.3) is 0 Å². The van der Waals surface area contributed by atoms with Gasteiger partial charge in [0.05, 0.1) is 6.61 Å². The van der Waals surface area contributed by atoms with E-state index >= 15 is 0 Å². The van der Waals surface area contributed by atoms with Crippen LogP contribution in [-0.4, -0.2) is 23.8 Å². The fraction of sp³-hybridized carbons (Fsp3) is 0.438. The minimum absolute atomic E-state index is 0.0774. The van der Waals surface area contributed by atoms with Crippen LogP contribution in [-0.2, 0) is 0 Å². The Hall–Kier alpha value is -1.99. The number of anilines is 1. The van der Waals surface area contributed by atoms with Crippen LogP contribution in [0.5, 0.6) is 0 Å². The van der Waals surface area contributed by atoms with Crippen molar-refractivity contribution in [1.82, 2.24) is 5.32 Å². The summed E-state index contributed by atoms with van der Waals surface area (Å²) in [6.07, 6.45) is 5.03. The fourth-order valence-electron chi connectivity index (χ4n) is 2.28. The van der Waals surface area contributed by atoms with Gasteiger partial charge in [0.2, 0.25) is 0 Å². The molecule has 4 nitrogen and oxygen atoms in total. The molecule has 1 aromatic carbocycles. The molecule has 0 saturated heterocycles. The standard InChI is InChI=1S/C16H20N2O2/c19-12-4-3-5-13-8-10-15(11-9-13)18-16(20)17-14-6-1-2-7-14/h8-11,14,19H,1-2,4,6-7,12H2,(H2,17,18,20). The quantitative estimate of drug-likeness (QED) is 0.740. The molecule has 3 N–H and O–H groups in total. The first kappa shape index (κ1) is 14.4. The summed E-state index contributed by atoms with van der Waals surface area (Å²) in [6.45, 7) is 0.0774. The molecule has 1 aliphatic rings. The summed E-state index contributed by atoms with van der Waals surface area (Å²) >= 11 is 0. The van der Waals surface area contributed by atoms with E-state index in [4.69, 9.17) is 5.11 Å². The Bertz CT molecular complexity index is 493. The van der Waals surface area contributed by atoms with Gasteiger partial charge in [-0.2, -0.15) is 0 Å². The zero-order valence-corrected chi connectivity index (χ0v) is 11.5. The van der Waals surface area contributed by atoms with Gasteiger partial charge in [-0.25, -0.2) is 4.79 Å². The maximum atomic E-state index is 11.8. The molecule has 20 heavy (non-hydrogen) atoms. The minimum Gasteiger partial charge on any atom is -0.395 e. The average molecular weight is 272 g/mol. The molecular formula is C16H20N2O2. The summed E-state index contributed by atoms with van der Waals surface area (Å²) in [4.78, 5) is 11.8. The van der Waals surface area contributed by atoms with E-state index in [1.54, 1.807) is 0 Å². The Labute approximate surface area is 119 Å². The van der Waals surface area contributed by atoms with Crippen LogP contribution in [0.3, 0.4) is 0 Å². The van der Waals surface area contributed by atoms with E-state index in [0.717, 1.165) is 24.1 Å². The second-order valence-electron chi connectivity index (χ2n) is 4.93. The van der Waals surface area contributed by atoms with E-state index in [9.17, 15) is 4.79 Å². The molecule has 0 aromatic heterocycles. The summed E-state index contributed by atoms with van der Waals surface area (Å²) in [5, 5.41) is 14.5. The first-order chi connectivity index (χ1) is 9.78. The highest BCUT2D eigenvalue weighted by Crippen LogP contribution is 2.17. The summed E-state index contributed by atoms with van der Waals surface area (Å²) in [7, 11) is 0. The van der Waals surface area contributed by atoms with Gasteiger partial charge in [0.15, 0.2) is 0 Å². The summed E-state index contributed by atoms with van der Waals surface area (Å²) in [5.74, 6) is 5.81. The number of aliphatic hydroxyl groups is 1. The van der Waals surface area contributed by atoms with Gasteiger partial charge in [0.1, 0.15) is 0 Å². The molecule has 0 unspecified atom stereocenters. The lowest BCUT2D eigenvalue weighted by molar-refractivity contribution is 0.248. The lowest BCUT2D eigenvalue weighted by atomic mass is 10.2. The Kier molecular flexibility index (Phi) is 5.45. The highest BCUT2D eigenvalue weighted by molar-refractivity contribution is 5.89. The molecule has 0 aliphatic heterocycles. The van der Waals surface area contributed by atoms with Crippen LogP contribution < -0.4 is 10.6 Å². The number of hydrogen-bond acceptors (Lipinski definition) is 2. The molecule has 0 bridgehead atoms. The Balaban J connectivity index is 1.83. The first-order valence-corrected chi connectivity index (χ1v) is 7.05. The average Bonchev–Trinajstić information content (AvgIpc) is 2.94. The normalized spacial score (nSPS) is 14.4. The molecule has 1 saturated carbocycles. The van der Waals surface area contributed by atoms with Crippen LogP contribution in [0.25, 0.3) is 0 Å². The number of urea groups is 1. The van der Waals surface area contributed by atoms with Gasteiger partial charge in [-0.05, 0) is 37.1 Å². The third kappa shape index (κ3) is 4.60. The number of carbonyl (C=O) groups is 1. The molecule has 0 radical (unpaired) electrons. The van der Waals surface area contributed by atoms with Crippen molar-refractivity contribution in [2.45, 2.75) is 38.1 Å². The number of rotatable bonds is 3. The zero-order chi connectivity index (χ0) is 14.2. The molecule has 4 heteroatoms.